The highest BCUT2D eigenvalue weighted by Crippen LogP contribution is 2.55. The molecule has 2 fully saturated rings. The van der Waals surface area contributed by atoms with E-state index in [1.54, 1.807) is 0 Å². The third kappa shape index (κ3) is 1.88. The summed E-state index contributed by atoms with van der Waals surface area (Å²) in [4.78, 5) is -1.45. The van der Waals surface area contributed by atoms with E-state index < -0.39 is 66.2 Å². The molecule has 0 aromatic rings. The van der Waals surface area contributed by atoms with Crippen LogP contribution in [0.1, 0.15) is 0 Å². The molecule has 0 N–H and O–H groups in total. The Labute approximate surface area is 116 Å². The Balaban J connectivity index is 2.70. The van der Waals surface area contributed by atoms with Crippen LogP contribution in [0.4, 0.5) is 48.3 Å². The van der Waals surface area contributed by atoms with E-state index in [0.717, 1.165) is 0 Å². The van der Waals surface area contributed by atoms with Crippen molar-refractivity contribution in [1.29, 1.82) is 0 Å². The first-order valence-corrected chi connectivity index (χ1v) is 5.88. The molecule has 2 saturated heterocycles. The summed E-state index contributed by atoms with van der Waals surface area (Å²) in [7, 11) is 0. The molecule has 2 aliphatic heterocycles. The Morgan fingerprint density at radius 2 is 0.909 bits per heavy atom. The van der Waals surface area contributed by atoms with Crippen molar-refractivity contribution in [3.8, 4) is 0 Å². The quantitative estimate of drug-likeness (QED) is 0.479. The Kier molecular flexibility index (Phi) is 4.06. The summed E-state index contributed by atoms with van der Waals surface area (Å²) >= 11 is 0. The van der Waals surface area contributed by atoms with E-state index in [0.29, 0.717) is 0 Å². The smallest absolute Gasteiger partial charge is 0.242 e. The van der Waals surface area contributed by atoms with Crippen LogP contribution in [0.25, 0.3) is 0 Å². The lowest BCUT2D eigenvalue weighted by Crippen LogP contribution is -2.84. The zero-order valence-electron chi connectivity index (χ0n) is 10.2. The molecule has 0 aromatic carbocycles. The topological polar surface area (TPSA) is 3.24 Å². The summed E-state index contributed by atoms with van der Waals surface area (Å²) in [5, 5.41) is 0. The molecule has 0 bridgehead atoms. The molecule has 8 atom stereocenters. The fraction of sp³-hybridized carbons (Fsp3) is 1.00. The molecule has 0 aliphatic carbocycles. The van der Waals surface area contributed by atoms with Gasteiger partial charge in [0.25, 0.3) is 0 Å². The number of halogens is 11. The van der Waals surface area contributed by atoms with Gasteiger partial charge in [0.1, 0.15) is 0 Å². The van der Waals surface area contributed by atoms with Crippen LogP contribution in [0.3, 0.4) is 0 Å². The van der Waals surface area contributed by atoms with Gasteiger partial charge >= 0.3 is 6.18 Å². The molecular formula is C10H8F11N. The molecule has 8 unspecified atom stereocenters. The minimum Gasteiger partial charge on any atom is -0.242 e. The van der Waals surface area contributed by atoms with Crippen LogP contribution in [-0.2, 0) is 0 Å². The third-order valence-electron chi connectivity index (χ3n) is 3.95. The Morgan fingerprint density at radius 3 is 1.18 bits per heavy atom. The predicted molar refractivity (Wildman–Crippen MR) is 49.8 cm³/mol. The molecule has 0 saturated carbocycles. The third-order valence-corrected chi connectivity index (χ3v) is 3.95. The van der Waals surface area contributed by atoms with Crippen molar-refractivity contribution >= 4 is 0 Å². The summed E-state index contributed by atoms with van der Waals surface area (Å²) in [5.74, 6) is 0. The van der Waals surface area contributed by atoms with Gasteiger partial charge in [-0.25, -0.2) is 40.0 Å². The zero-order chi connectivity index (χ0) is 17.2. The van der Waals surface area contributed by atoms with E-state index in [2.05, 4.69) is 0 Å². The molecule has 0 aromatic heterocycles. The van der Waals surface area contributed by atoms with Crippen molar-refractivity contribution < 1.29 is 48.3 Å². The van der Waals surface area contributed by atoms with Crippen molar-refractivity contribution in [2.75, 3.05) is 0 Å². The van der Waals surface area contributed by atoms with Gasteiger partial charge < -0.3 is 0 Å². The van der Waals surface area contributed by atoms with Crippen LogP contribution in [0.2, 0.25) is 0 Å². The highest BCUT2D eigenvalue weighted by Gasteiger charge is 2.81. The summed E-state index contributed by atoms with van der Waals surface area (Å²) in [6.07, 6.45) is -37.2. The Hall–Kier alpha value is -0.810. The molecule has 2 heterocycles. The monoisotopic (exact) mass is 351 g/mol. The fourth-order valence-corrected chi connectivity index (χ4v) is 2.86. The molecule has 0 amide bonds. The first kappa shape index (κ1) is 17.5. The van der Waals surface area contributed by atoms with Gasteiger partial charge in [0, 0.05) is 0 Å². The first-order valence-electron chi connectivity index (χ1n) is 5.88. The predicted octanol–water partition coefficient (Wildman–Crippen LogP) is 3.24. The lowest BCUT2D eigenvalue weighted by atomic mass is 9.72. The Morgan fingerprint density at radius 1 is 0.591 bits per heavy atom. The molecule has 12 heteroatoms. The van der Waals surface area contributed by atoms with E-state index in [9.17, 15) is 48.3 Å². The molecule has 0 spiro atoms. The lowest BCUT2D eigenvalue weighted by Gasteiger charge is -2.58. The number of hydrogen-bond acceptors (Lipinski definition) is 1. The maximum Gasteiger partial charge on any atom is 0.412 e. The Bertz CT molecular complexity index is 400. The van der Waals surface area contributed by atoms with Crippen LogP contribution in [-0.4, -0.2) is 66.2 Å². The number of piperidine rings is 2. The molecule has 0 radical (unpaired) electrons. The summed E-state index contributed by atoms with van der Waals surface area (Å²) in [6, 6.07) is 0. The molecule has 2 rings (SSSR count). The normalized spacial score (nSPS) is 54.1. The summed E-state index contributed by atoms with van der Waals surface area (Å²) < 4.78 is 147. The summed E-state index contributed by atoms with van der Waals surface area (Å²) in [5.41, 5.74) is -5.00. The van der Waals surface area contributed by atoms with Crippen LogP contribution in [0, 0.1) is 0 Å². The van der Waals surface area contributed by atoms with Crippen molar-refractivity contribution in [1.82, 2.24) is 4.90 Å². The summed E-state index contributed by atoms with van der Waals surface area (Å²) in [6.45, 7) is 0. The van der Waals surface area contributed by atoms with Crippen molar-refractivity contribution in [3.05, 3.63) is 0 Å². The standard InChI is InChI=1S/C10H8F11N/c11-1-3(13)7(17)22-8(18)4(14)2(12)6(16)9(22,5(1)15)10(19,20)21/h1-8H. The van der Waals surface area contributed by atoms with Gasteiger partial charge in [-0.15, -0.1) is 0 Å². The second kappa shape index (κ2) is 5.10. The minimum atomic E-state index is -6.24. The number of nitrogens with zero attached hydrogens (tertiary/aromatic N) is 1. The number of rotatable bonds is 0. The van der Waals surface area contributed by atoms with Gasteiger partial charge in [0.2, 0.25) is 0 Å². The molecule has 22 heavy (non-hydrogen) atoms. The number of fused-ring (bicyclic) bond motifs is 1. The second-order valence-corrected chi connectivity index (χ2v) is 5.06. The molecule has 1 nitrogen and oxygen atoms in total. The van der Waals surface area contributed by atoms with Crippen LogP contribution in [0.15, 0.2) is 0 Å². The largest absolute Gasteiger partial charge is 0.412 e. The van der Waals surface area contributed by atoms with Gasteiger partial charge in [-0.05, 0) is 0 Å². The fourth-order valence-electron chi connectivity index (χ4n) is 2.86. The number of alkyl halides is 11. The maximum absolute atomic E-state index is 13.8. The van der Waals surface area contributed by atoms with E-state index >= 15 is 0 Å². The van der Waals surface area contributed by atoms with Gasteiger partial charge in [0.05, 0.1) is 0 Å². The van der Waals surface area contributed by atoms with E-state index in [1.807, 2.05) is 0 Å². The van der Waals surface area contributed by atoms with E-state index in [1.165, 1.54) is 0 Å². The first-order chi connectivity index (χ1) is 9.90. The van der Waals surface area contributed by atoms with Gasteiger partial charge in [-0.2, -0.15) is 13.2 Å². The van der Waals surface area contributed by atoms with Crippen LogP contribution < -0.4 is 0 Å². The van der Waals surface area contributed by atoms with Crippen LogP contribution >= 0.6 is 0 Å². The highest BCUT2D eigenvalue weighted by molar-refractivity contribution is 5.21. The zero-order valence-corrected chi connectivity index (χ0v) is 10.2. The average Bonchev–Trinajstić information content (AvgIpc) is 2.43. The van der Waals surface area contributed by atoms with Crippen LogP contribution in [0.5, 0.6) is 0 Å². The van der Waals surface area contributed by atoms with Gasteiger partial charge in [-0.1, -0.05) is 0 Å². The average molecular weight is 351 g/mol. The number of hydrogen-bond donors (Lipinski definition) is 0. The minimum absolute atomic E-state index is 1.45. The second-order valence-electron chi connectivity index (χ2n) is 5.06. The lowest BCUT2D eigenvalue weighted by molar-refractivity contribution is -0.361. The molecule has 2 aliphatic rings. The van der Waals surface area contributed by atoms with E-state index in [-0.39, 0.29) is 0 Å². The van der Waals surface area contributed by atoms with Gasteiger partial charge in [0.15, 0.2) is 55.2 Å². The molecular weight excluding hydrogens is 343 g/mol. The van der Waals surface area contributed by atoms with E-state index in [4.69, 9.17) is 0 Å². The van der Waals surface area contributed by atoms with Crippen molar-refractivity contribution in [3.63, 3.8) is 0 Å². The van der Waals surface area contributed by atoms with Gasteiger partial charge in [-0.3, -0.25) is 0 Å². The maximum atomic E-state index is 13.8. The van der Waals surface area contributed by atoms with Crippen molar-refractivity contribution in [2.24, 2.45) is 0 Å². The molecule has 130 valence electrons. The SMILES string of the molecule is FC1C(F)C(F)C2(C(F)(F)F)C(F)C(F)C(F)C(F)N2C1F. The highest BCUT2D eigenvalue weighted by atomic mass is 19.4. The van der Waals surface area contributed by atoms with Crippen molar-refractivity contribution in [2.45, 2.75) is 61.3 Å².